The first-order valence-corrected chi connectivity index (χ1v) is 19.9. The number of nitrogens with two attached hydrogens (primary N) is 3. The highest BCUT2D eigenvalue weighted by molar-refractivity contribution is 5.98. The lowest BCUT2D eigenvalue weighted by atomic mass is 9.95. The third kappa shape index (κ3) is 15.2. The second-order valence-corrected chi connectivity index (χ2v) is 15.2. The van der Waals surface area contributed by atoms with Crippen LogP contribution in [0.1, 0.15) is 72.3 Å². The number of nitrogens with one attached hydrogen (secondary N) is 7. The summed E-state index contributed by atoms with van der Waals surface area (Å²) in [4.78, 5) is 108. The van der Waals surface area contributed by atoms with Crippen LogP contribution < -0.4 is 49.1 Å². The van der Waals surface area contributed by atoms with Gasteiger partial charge in [0, 0.05) is 23.5 Å². The van der Waals surface area contributed by atoms with Crippen LogP contribution >= 0.6 is 0 Å². The molecule has 21 nitrogen and oxygen atoms in total. The molecule has 1 aromatic carbocycles. The number of fused-ring (bicyclic) bond motifs is 1. The number of benzene rings is 1. The number of carbonyl (C=O) groups is 8. The topological polar surface area (TPSA) is 363 Å². The van der Waals surface area contributed by atoms with Gasteiger partial charge in [0.25, 0.3) is 0 Å². The quantitative estimate of drug-likeness (QED) is 0.0424. The zero-order chi connectivity index (χ0) is 45.3. The number of carbonyl (C=O) groups excluding carboxylic acids is 7. The molecule has 60 heavy (non-hydrogen) atoms. The van der Waals surface area contributed by atoms with Crippen LogP contribution in [0.5, 0.6) is 0 Å². The van der Waals surface area contributed by atoms with Gasteiger partial charge >= 0.3 is 5.97 Å². The van der Waals surface area contributed by atoms with Crippen molar-refractivity contribution in [3.8, 4) is 0 Å². The molecule has 0 spiro atoms. The Balaban J connectivity index is 2.28. The summed E-state index contributed by atoms with van der Waals surface area (Å²) >= 11 is 0. The van der Waals surface area contributed by atoms with Crippen LogP contribution in [-0.2, 0) is 44.8 Å². The average Bonchev–Trinajstić information content (AvgIpc) is 3.61. The molecule has 9 atom stereocenters. The zero-order valence-electron chi connectivity index (χ0n) is 34.7. The van der Waals surface area contributed by atoms with Gasteiger partial charge in [0.05, 0.1) is 19.1 Å². The molecular formula is C39H62N10O11. The molecule has 0 aliphatic carbocycles. The summed E-state index contributed by atoms with van der Waals surface area (Å²) in [5.41, 5.74) is 18.0. The first-order chi connectivity index (χ1) is 28.2. The second-order valence-electron chi connectivity index (χ2n) is 15.2. The fourth-order valence-corrected chi connectivity index (χ4v) is 6.11. The van der Waals surface area contributed by atoms with Crippen LogP contribution in [0, 0.1) is 11.8 Å². The van der Waals surface area contributed by atoms with E-state index in [0.29, 0.717) is 31.4 Å². The molecule has 0 aliphatic heterocycles. The van der Waals surface area contributed by atoms with Gasteiger partial charge in [0.1, 0.15) is 42.3 Å². The van der Waals surface area contributed by atoms with Crippen LogP contribution in [0.15, 0.2) is 30.5 Å². The molecule has 7 amide bonds. The molecule has 1 heterocycles. The number of aromatic amines is 1. The highest BCUT2D eigenvalue weighted by atomic mass is 16.4. The molecule has 0 aliphatic rings. The number of rotatable bonds is 26. The van der Waals surface area contributed by atoms with Gasteiger partial charge in [-0.3, -0.25) is 33.6 Å². The largest absolute Gasteiger partial charge is 0.480 e. The van der Waals surface area contributed by atoms with Crippen molar-refractivity contribution in [2.24, 2.45) is 29.0 Å². The number of hydrogen-bond acceptors (Lipinski definition) is 12. The van der Waals surface area contributed by atoms with Crippen LogP contribution in [0.2, 0.25) is 0 Å². The zero-order valence-corrected chi connectivity index (χ0v) is 34.7. The van der Waals surface area contributed by atoms with Crippen LogP contribution in [-0.4, -0.2) is 129 Å². The van der Waals surface area contributed by atoms with E-state index < -0.39 is 121 Å². The maximum atomic E-state index is 13.8. The number of carboxylic acids is 1. The summed E-state index contributed by atoms with van der Waals surface area (Å²) < 4.78 is 0. The molecule has 0 bridgehead atoms. The number of para-hydroxylation sites is 1. The van der Waals surface area contributed by atoms with Gasteiger partial charge in [-0.05, 0) is 56.2 Å². The van der Waals surface area contributed by atoms with E-state index in [-0.39, 0.29) is 12.8 Å². The number of aromatic nitrogens is 1. The minimum atomic E-state index is -1.73. The molecule has 0 saturated heterocycles. The van der Waals surface area contributed by atoms with Crippen LogP contribution in [0.3, 0.4) is 0 Å². The maximum absolute atomic E-state index is 13.8. The molecule has 334 valence electrons. The number of carboxylic acid groups (broad SMARTS) is 1. The van der Waals surface area contributed by atoms with Gasteiger partial charge in [-0.1, -0.05) is 52.3 Å². The van der Waals surface area contributed by atoms with Gasteiger partial charge in [0.15, 0.2) is 0 Å². The van der Waals surface area contributed by atoms with Crippen molar-refractivity contribution in [2.45, 2.75) is 122 Å². The highest BCUT2D eigenvalue weighted by Crippen LogP contribution is 2.20. The molecule has 2 rings (SSSR count). The third-order valence-electron chi connectivity index (χ3n) is 10.0. The summed E-state index contributed by atoms with van der Waals surface area (Å²) in [6, 6.07) is -2.92. The van der Waals surface area contributed by atoms with Crippen LogP contribution in [0.25, 0.3) is 10.9 Å². The van der Waals surface area contributed by atoms with Crippen LogP contribution in [0.4, 0.5) is 0 Å². The van der Waals surface area contributed by atoms with Gasteiger partial charge in [-0.2, -0.15) is 0 Å². The number of unbranched alkanes of at least 4 members (excludes halogenated alkanes) is 1. The van der Waals surface area contributed by atoms with Crippen molar-refractivity contribution in [2.75, 3.05) is 13.2 Å². The number of amides is 7. The molecule has 16 N–H and O–H groups in total. The molecule has 21 heteroatoms. The SMILES string of the molecule is CCC(C)C(NC(=O)C(NC(=O)C(CO)NC(=O)C(CC(N)=O)NC(=O)C(Cc1c[nH]c2ccccc12)NC(=O)C(N)C(C)O)C(C)C)C(=O)NC(CCCCN)C(=O)O. The second kappa shape index (κ2) is 24.4. The number of H-pyrrole nitrogens is 1. The first kappa shape index (κ1) is 50.5. The predicted molar refractivity (Wildman–Crippen MR) is 219 cm³/mol. The standard InChI is InChI=1S/C39H62N10O11/c1-6-20(4)32(38(58)44-25(39(59)60)13-9-10-14-40)49-37(57)31(19(2)3)48-35(55)28(18-50)47-34(54)27(16-29(41)52)45-33(53)26(46-36(56)30(42)21(5)51)15-22-17-43-24-12-8-7-11-23(22)24/h7-8,11-12,17,19-21,25-28,30-32,43,50-51H,6,9-10,13-16,18,40,42H2,1-5H3,(H2,41,52)(H,44,58)(H,45,53)(H,46,56)(H,47,54)(H,48,55)(H,49,57)(H,59,60). The lowest BCUT2D eigenvalue weighted by Gasteiger charge is -2.30. The van der Waals surface area contributed by atoms with Crippen molar-refractivity contribution < 1.29 is 53.7 Å². The molecule has 2 aromatic rings. The lowest BCUT2D eigenvalue weighted by Crippen LogP contribution is -2.62. The van der Waals surface area contributed by atoms with E-state index >= 15 is 0 Å². The number of aliphatic hydroxyl groups is 2. The Hall–Kier alpha value is -5.64. The van der Waals surface area contributed by atoms with Crippen molar-refractivity contribution >= 4 is 58.2 Å². The monoisotopic (exact) mass is 846 g/mol. The molecule has 9 unspecified atom stereocenters. The lowest BCUT2D eigenvalue weighted by molar-refractivity contribution is -0.143. The van der Waals surface area contributed by atoms with E-state index in [1.54, 1.807) is 58.2 Å². The molecule has 1 aromatic heterocycles. The average molecular weight is 847 g/mol. The van der Waals surface area contributed by atoms with E-state index in [1.807, 2.05) is 0 Å². The predicted octanol–water partition coefficient (Wildman–Crippen LogP) is -2.89. The van der Waals surface area contributed by atoms with E-state index in [9.17, 15) is 53.7 Å². The Morgan fingerprint density at radius 3 is 1.85 bits per heavy atom. The third-order valence-corrected chi connectivity index (χ3v) is 10.0. The minimum absolute atomic E-state index is 0.114. The van der Waals surface area contributed by atoms with Crippen molar-refractivity contribution in [1.29, 1.82) is 0 Å². The Morgan fingerprint density at radius 2 is 1.28 bits per heavy atom. The van der Waals surface area contributed by atoms with Gasteiger partial charge in [0.2, 0.25) is 41.4 Å². The molecule has 0 fully saturated rings. The summed E-state index contributed by atoms with van der Waals surface area (Å²) in [5.74, 6) is -8.95. The fraction of sp³-hybridized carbons (Fsp3) is 0.590. The summed E-state index contributed by atoms with van der Waals surface area (Å²) in [6.07, 6.45) is 0.945. The minimum Gasteiger partial charge on any atom is -0.480 e. The number of aliphatic carboxylic acids is 1. The highest BCUT2D eigenvalue weighted by Gasteiger charge is 2.36. The van der Waals surface area contributed by atoms with Gasteiger partial charge < -0.3 is 69.4 Å². The number of primary amides is 1. The Bertz CT molecular complexity index is 1800. The summed E-state index contributed by atoms with van der Waals surface area (Å²) in [7, 11) is 0. The Kier molecular flexibility index (Phi) is 20.6. The Labute approximate surface area is 348 Å². The van der Waals surface area contributed by atoms with E-state index in [2.05, 4.69) is 36.9 Å². The summed E-state index contributed by atoms with van der Waals surface area (Å²) in [5, 5.41) is 45.1. The Morgan fingerprint density at radius 1 is 0.733 bits per heavy atom. The van der Waals surface area contributed by atoms with Gasteiger partial charge in [-0.25, -0.2) is 4.79 Å². The summed E-state index contributed by atoms with van der Waals surface area (Å²) in [6.45, 7) is 7.25. The van der Waals surface area contributed by atoms with E-state index in [4.69, 9.17) is 17.2 Å². The number of aliphatic hydroxyl groups excluding tert-OH is 2. The van der Waals surface area contributed by atoms with Crippen molar-refractivity contribution in [1.82, 2.24) is 36.9 Å². The molecular weight excluding hydrogens is 784 g/mol. The molecule has 0 saturated carbocycles. The molecule has 0 radical (unpaired) electrons. The van der Waals surface area contributed by atoms with Crippen molar-refractivity contribution in [3.05, 3.63) is 36.0 Å². The maximum Gasteiger partial charge on any atom is 0.326 e. The van der Waals surface area contributed by atoms with E-state index in [1.165, 1.54) is 6.92 Å². The fourth-order valence-electron chi connectivity index (χ4n) is 6.11. The number of hydrogen-bond donors (Lipinski definition) is 13. The van der Waals surface area contributed by atoms with Crippen molar-refractivity contribution in [3.63, 3.8) is 0 Å². The van der Waals surface area contributed by atoms with Gasteiger partial charge in [-0.15, -0.1) is 0 Å². The first-order valence-electron chi connectivity index (χ1n) is 19.9. The normalized spacial score (nSPS) is 15.8. The van der Waals surface area contributed by atoms with E-state index in [0.717, 1.165) is 10.9 Å². The smallest absolute Gasteiger partial charge is 0.326 e.